The Morgan fingerprint density at radius 1 is 1.11 bits per heavy atom. The Morgan fingerprint density at radius 3 is 2.39 bits per heavy atom. The van der Waals surface area contributed by atoms with Crippen molar-refractivity contribution in [1.29, 1.82) is 0 Å². The average molecular weight is 510 g/mol. The number of rotatable bonds is 7. The largest absolute Gasteiger partial charge is 0.460 e. The van der Waals surface area contributed by atoms with Crippen molar-refractivity contribution in [3.05, 3.63) is 41.1 Å². The van der Waals surface area contributed by atoms with E-state index in [-0.39, 0.29) is 36.0 Å². The molecular formula is C26H37F2N3O5. The van der Waals surface area contributed by atoms with Crippen molar-refractivity contribution in [2.75, 3.05) is 31.1 Å². The molecule has 0 bridgehead atoms. The lowest BCUT2D eigenvalue weighted by atomic mass is 10.1. The van der Waals surface area contributed by atoms with E-state index in [4.69, 9.17) is 14.3 Å². The van der Waals surface area contributed by atoms with Crippen molar-refractivity contribution in [2.24, 2.45) is 0 Å². The number of carbonyl (C=O) groups is 2. The van der Waals surface area contributed by atoms with E-state index < -0.39 is 23.2 Å². The quantitative estimate of drug-likeness (QED) is 0.429. The van der Waals surface area contributed by atoms with Crippen LogP contribution in [0.3, 0.4) is 0 Å². The van der Waals surface area contributed by atoms with Crippen LogP contribution in [0.4, 0.5) is 19.3 Å². The maximum Gasteiger partial charge on any atom is 0.410 e. The zero-order valence-corrected chi connectivity index (χ0v) is 21.7. The van der Waals surface area contributed by atoms with Gasteiger partial charge in [0.25, 0.3) is 0 Å². The van der Waals surface area contributed by atoms with Gasteiger partial charge >= 0.3 is 12.1 Å². The van der Waals surface area contributed by atoms with Crippen LogP contribution in [0.15, 0.2) is 23.9 Å². The molecule has 0 radical (unpaired) electrons. The summed E-state index contributed by atoms with van der Waals surface area (Å²) in [6.45, 7) is 10.8. The summed E-state index contributed by atoms with van der Waals surface area (Å²) in [5.74, 6) is -1.83. The van der Waals surface area contributed by atoms with Crippen LogP contribution in [0.5, 0.6) is 0 Å². The van der Waals surface area contributed by atoms with Gasteiger partial charge in [0.1, 0.15) is 17.2 Å². The number of amides is 1. The number of anilines is 1. The zero-order valence-electron chi connectivity index (χ0n) is 21.7. The van der Waals surface area contributed by atoms with E-state index in [1.807, 2.05) is 19.9 Å². The van der Waals surface area contributed by atoms with E-state index in [2.05, 4.69) is 5.48 Å². The van der Waals surface area contributed by atoms with E-state index >= 15 is 0 Å². The van der Waals surface area contributed by atoms with Gasteiger partial charge in [-0.3, -0.25) is 15.1 Å². The second kappa shape index (κ2) is 11.9. The lowest BCUT2D eigenvalue weighted by Crippen LogP contribution is -2.43. The average Bonchev–Trinajstić information content (AvgIpc) is 2.79. The standard InChI is InChI=1S/C26H37F2N3O5/c1-17(2)34-25(33)31-12-8-20(9-13-31)36-29-19-6-10-30(11-7-19)23-16-21(27)18(14-22(23)28)15-24(32)35-26(3,4)5/h6,14,16-17,20,29H,7-13,15H2,1-5H3. The lowest BCUT2D eigenvalue weighted by Gasteiger charge is -2.33. The number of hydroxylamine groups is 1. The molecule has 8 nitrogen and oxygen atoms in total. The molecule has 0 atom stereocenters. The maximum absolute atomic E-state index is 14.8. The molecule has 200 valence electrons. The predicted molar refractivity (Wildman–Crippen MR) is 131 cm³/mol. The summed E-state index contributed by atoms with van der Waals surface area (Å²) in [6, 6.07) is 2.20. The highest BCUT2D eigenvalue weighted by Crippen LogP contribution is 2.27. The van der Waals surface area contributed by atoms with Crippen molar-refractivity contribution in [3.8, 4) is 0 Å². The summed E-state index contributed by atoms with van der Waals surface area (Å²) >= 11 is 0. The van der Waals surface area contributed by atoms with Crippen LogP contribution >= 0.6 is 0 Å². The molecule has 1 saturated heterocycles. The number of ether oxygens (including phenoxy) is 2. The van der Waals surface area contributed by atoms with Gasteiger partial charge in [-0.2, -0.15) is 0 Å². The van der Waals surface area contributed by atoms with Crippen molar-refractivity contribution in [1.82, 2.24) is 10.4 Å². The predicted octanol–water partition coefficient (Wildman–Crippen LogP) is 4.47. The molecule has 1 amide bonds. The zero-order chi connectivity index (χ0) is 26.5. The number of carbonyl (C=O) groups excluding carboxylic acids is 2. The van der Waals surface area contributed by atoms with Gasteiger partial charge in [-0.15, -0.1) is 0 Å². The van der Waals surface area contributed by atoms with Crippen molar-refractivity contribution < 1.29 is 32.7 Å². The number of piperidine rings is 1. The number of halogens is 2. The number of nitrogens with one attached hydrogen (secondary N) is 1. The van der Waals surface area contributed by atoms with E-state index in [1.165, 1.54) is 0 Å². The molecule has 1 aromatic carbocycles. The van der Waals surface area contributed by atoms with Gasteiger partial charge in [0.05, 0.1) is 24.3 Å². The molecule has 36 heavy (non-hydrogen) atoms. The molecule has 1 N–H and O–H groups in total. The van der Waals surface area contributed by atoms with Crippen LogP contribution in [-0.4, -0.2) is 61.0 Å². The highest BCUT2D eigenvalue weighted by Gasteiger charge is 2.26. The third-order valence-electron chi connectivity index (χ3n) is 5.81. The third-order valence-corrected chi connectivity index (χ3v) is 5.81. The second-order valence-corrected chi connectivity index (χ2v) is 10.4. The van der Waals surface area contributed by atoms with Crippen molar-refractivity contribution in [2.45, 2.75) is 78.1 Å². The summed E-state index contributed by atoms with van der Waals surface area (Å²) in [5, 5.41) is 0. The number of esters is 1. The van der Waals surface area contributed by atoms with Gasteiger partial charge < -0.3 is 19.3 Å². The first-order valence-electron chi connectivity index (χ1n) is 12.4. The van der Waals surface area contributed by atoms with E-state index in [0.717, 1.165) is 17.8 Å². The van der Waals surface area contributed by atoms with Crippen molar-refractivity contribution in [3.63, 3.8) is 0 Å². The minimum Gasteiger partial charge on any atom is -0.460 e. The van der Waals surface area contributed by atoms with Crippen LogP contribution < -0.4 is 10.4 Å². The molecule has 0 aromatic heterocycles. The molecule has 0 spiro atoms. The summed E-state index contributed by atoms with van der Waals surface area (Å²) in [7, 11) is 0. The fourth-order valence-corrected chi connectivity index (χ4v) is 4.06. The molecule has 0 saturated carbocycles. The second-order valence-electron chi connectivity index (χ2n) is 10.4. The van der Waals surface area contributed by atoms with Crippen LogP contribution in [0.2, 0.25) is 0 Å². The SMILES string of the molecule is CC(C)OC(=O)N1CCC(ONC2=CCN(c3cc(F)c(CC(=O)OC(C)(C)C)cc3F)CC2)CC1. The van der Waals surface area contributed by atoms with Crippen LogP contribution in [0.1, 0.15) is 59.4 Å². The topological polar surface area (TPSA) is 80.3 Å². The molecule has 1 aromatic rings. The minimum atomic E-state index is -0.694. The fraction of sp³-hybridized carbons (Fsp3) is 0.615. The van der Waals surface area contributed by atoms with Gasteiger partial charge in [0.15, 0.2) is 0 Å². The Balaban J connectivity index is 1.48. The summed E-state index contributed by atoms with van der Waals surface area (Å²) < 4.78 is 39.9. The molecule has 10 heteroatoms. The highest BCUT2D eigenvalue weighted by molar-refractivity contribution is 5.73. The molecule has 2 aliphatic heterocycles. The van der Waals surface area contributed by atoms with Gasteiger partial charge in [-0.25, -0.2) is 13.6 Å². The third kappa shape index (κ3) is 8.08. The van der Waals surface area contributed by atoms with E-state index in [1.54, 1.807) is 30.6 Å². The number of nitrogens with zero attached hydrogens (tertiary/aromatic N) is 2. The molecule has 3 rings (SSSR count). The monoisotopic (exact) mass is 509 g/mol. The Labute approximate surface area is 211 Å². The molecule has 0 unspecified atom stereocenters. The van der Waals surface area contributed by atoms with E-state index in [9.17, 15) is 18.4 Å². The first-order valence-corrected chi connectivity index (χ1v) is 12.4. The summed E-state index contributed by atoms with van der Waals surface area (Å²) in [6.07, 6.45) is 3.03. The fourth-order valence-electron chi connectivity index (χ4n) is 4.06. The van der Waals surface area contributed by atoms with Gasteiger partial charge in [-0.1, -0.05) is 0 Å². The summed E-state index contributed by atoms with van der Waals surface area (Å²) in [5.41, 5.74) is 3.29. The number of hydrogen-bond donors (Lipinski definition) is 1. The normalized spacial score (nSPS) is 17.2. The Bertz CT molecular complexity index is 969. The van der Waals surface area contributed by atoms with Gasteiger partial charge in [0.2, 0.25) is 0 Å². The lowest BCUT2D eigenvalue weighted by molar-refractivity contribution is -0.154. The Morgan fingerprint density at radius 2 is 1.81 bits per heavy atom. The molecule has 2 aliphatic rings. The number of hydrogen-bond acceptors (Lipinski definition) is 7. The highest BCUT2D eigenvalue weighted by atomic mass is 19.1. The van der Waals surface area contributed by atoms with E-state index in [0.29, 0.717) is 45.4 Å². The first-order chi connectivity index (χ1) is 16.9. The van der Waals surface area contributed by atoms with Crippen LogP contribution in [-0.2, 0) is 25.5 Å². The van der Waals surface area contributed by atoms with Crippen molar-refractivity contribution >= 4 is 17.7 Å². The molecule has 0 aliphatic carbocycles. The minimum absolute atomic E-state index is 0.0303. The summed E-state index contributed by atoms with van der Waals surface area (Å²) in [4.78, 5) is 33.2. The molecule has 1 fully saturated rings. The van der Waals surface area contributed by atoms with Gasteiger partial charge in [-0.05, 0) is 59.6 Å². The van der Waals surface area contributed by atoms with Crippen LogP contribution in [0, 0.1) is 11.6 Å². The molecular weight excluding hydrogens is 472 g/mol. The van der Waals surface area contributed by atoms with Crippen LogP contribution in [0.25, 0.3) is 0 Å². The number of likely N-dealkylation sites (tertiary alicyclic amines) is 1. The maximum atomic E-state index is 14.8. The van der Waals surface area contributed by atoms with Gasteiger partial charge in [0, 0.05) is 49.9 Å². The Hall–Kier alpha value is -2.88. The first kappa shape index (κ1) is 27.7. The Kier molecular flexibility index (Phi) is 9.16. The smallest absolute Gasteiger partial charge is 0.410 e. The molecule has 2 heterocycles. The number of benzene rings is 1.